The van der Waals surface area contributed by atoms with Gasteiger partial charge in [0.25, 0.3) is 5.56 Å². The lowest BCUT2D eigenvalue weighted by molar-refractivity contribution is -0.187. The van der Waals surface area contributed by atoms with Crippen molar-refractivity contribution in [3.05, 3.63) is 69.1 Å². The Balaban J connectivity index is 1.70. The summed E-state index contributed by atoms with van der Waals surface area (Å²) in [4.78, 5) is 26.0. The molecule has 3 atom stereocenters. The molecule has 0 amide bonds. The number of H-pyrrole nitrogens is 1. The van der Waals surface area contributed by atoms with Crippen LogP contribution in [-0.2, 0) is 10.5 Å². The van der Waals surface area contributed by atoms with E-state index in [1.54, 1.807) is 13.1 Å². The highest BCUT2D eigenvalue weighted by Gasteiger charge is 2.51. The number of hydrogen-bond acceptors (Lipinski definition) is 7. The molecule has 0 aliphatic carbocycles. The topological polar surface area (TPSA) is 135 Å². The van der Waals surface area contributed by atoms with Crippen LogP contribution in [0, 0.1) is 6.92 Å². The lowest BCUT2D eigenvalue weighted by Crippen LogP contribution is -2.46. The lowest BCUT2D eigenvalue weighted by Gasteiger charge is -2.29. The van der Waals surface area contributed by atoms with E-state index in [1.165, 1.54) is 15.4 Å². The molecule has 0 spiro atoms. The van der Waals surface area contributed by atoms with Crippen LogP contribution in [-0.4, -0.2) is 47.5 Å². The van der Waals surface area contributed by atoms with E-state index in [-0.39, 0.29) is 6.42 Å². The number of aliphatic hydroxyl groups is 2. The number of benzene rings is 1. The summed E-state index contributed by atoms with van der Waals surface area (Å²) < 4.78 is 8.36. The highest BCUT2D eigenvalue weighted by Crippen LogP contribution is 2.39. The second kappa shape index (κ2) is 6.82. The van der Waals surface area contributed by atoms with E-state index in [0.717, 1.165) is 5.56 Å². The highest BCUT2D eigenvalue weighted by molar-refractivity contribution is 5.57. The molecule has 1 saturated heterocycles. The second-order valence-electron chi connectivity index (χ2n) is 6.72. The number of nitrogens with one attached hydrogen (secondary N) is 1. The summed E-state index contributed by atoms with van der Waals surface area (Å²) in [5.41, 5.74) is -1.06. The molecule has 0 saturated carbocycles. The SMILES string of the molecule is Cc1cn([C@H]2C[C@H](O)[C@](CO)(n3cc(-c4ccccc4)nn3)O2)c(=O)[nH]c1=O. The molecule has 2 aromatic heterocycles. The fraction of sp³-hybridized carbons (Fsp3) is 0.333. The summed E-state index contributed by atoms with van der Waals surface area (Å²) >= 11 is 0. The maximum atomic E-state index is 12.2. The van der Waals surface area contributed by atoms with Gasteiger partial charge in [-0.1, -0.05) is 35.5 Å². The summed E-state index contributed by atoms with van der Waals surface area (Å²) in [6.45, 7) is 0.975. The molecule has 0 bridgehead atoms. The first-order chi connectivity index (χ1) is 13.4. The fourth-order valence-electron chi connectivity index (χ4n) is 3.32. The molecular formula is C18H19N5O5. The molecule has 1 fully saturated rings. The van der Waals surface area contributed by atoms with Crippen LogP contribution in [0.3, 0.4) is 0 Å². The van der Waals surface area contributed by atoms with Crippen molar-refractivity contribution in [3.63, 3.8) is 0 Å². The van der Waals surface area contributed by atoms with Gasteiger partial charge in [-0.15, -0.1) is 5.10 Å². The summed E-state index contributed by atoms with van der Waals surface area (Å²) in [6, 6.07) is 9.31. The standard InChI is InChI=1S/C18H19N5O5/c1-11-8-22(17(27)19-16(11)26)15-7-14(25)18(10-24,28-15)23-9-13(20-21-23)12-5-3-2-4-6-12/h2-6,8-9,14-15,24-25H,7,10H2,1H3,(H,19,26,27)/t14-,15+,18+/m0/s1. The first-order valence-corrected chi connectivity index (χ1v) is 8.71. The molecule has 3 aromatic rings. The van der Waals surface area contributed by atoms with E-state index in [4.69, 9.17) is 4.74 Å². The van der Waals surface area contributed by atoms with Gasteiger partial charge in [-0.3, -0.25) is 14.3 Å². The van der Waals surface area contributed by atoms with Crippen molar-refractivity contribution in [2.24, 2.45) is 0 Å². The number of ether oxygens (including phenoxy) is 1. The van der Waals surface area contributed by atoms with Gasteiger partial charge in [0.2, 0.25) is 5.72 Å². The predicted molar refractivity (Wildman–Crippen MR) is 97.3 cm³/mol. The molecule has 3 heterocycles. The van der Waals surface area contributed by atoms with Gasteiger partial charge in [-0.2, -0.15) is 0 Å². The number of aliphatic hydroxyl groups excluding tert-OH is 2. The number of aromatic nitrogens is 5. The monoisotopic (exact) mass is 385 g/mol. The van der Waals surface area contributed by atoms with Crippen LogP contribution < -0.4 is 11.2 Å². The van der Waals surface area contributed by atoms with Crippen molar-refractivity contribution in [1.29, 1.82) is 0 Å². The Kier molecular flexibility index (Phi) is 4.46. The zero-order chi connectivity index (χ0) is 19.9. The van der Waals surface area contributed by atoms with Gasteiger partial charge < -0.3 is 14.9 Å². The van der Waals surface area contributed by atoms with E-state index >= 15 is 0 Å². The number of hydrogen-bond donors (Lipinski definition) is 3. The Bertz CT molecular complexity index is 1110. The summed E-state index contributed by atoms with van der Waals surface area (Å²) in [5, 5.41) is 28.8. The molecule has 4 rings (SSSR count). The van der Waals surface area contributed by atoms with E-state index in [2.05, 4.69) is 15.3 Å². The second-order valence-corrected chi connectivity index (χ2v) is 6.72. The zero-order valence-electron chi connectivity index (χ0n) is 15.0. The van der Waals surface area contributed by atoms with Crippen LogP contribution >= 0.6 is 0 Å². The maximum Gasteiger partial charge on any atom is 0.330 e. The third-order valence-corrected chi connectivity index (χ3v) is 4.92. The first kappa shape index (κ1) is 18.3. The van der Waals surface area contributed by atoms with Crippen molar-refractivity contribution in [2.45, 2.75) is 31.4 Å². The summed E-state index contributed by atoms with van der Waals surface area (Å²) in [5.74, 6) is 0. The molecule has 3 N–H and O–H groups in total. The fourth-order valence-corrected chi connectivity index (χ4v) is 3.32. The van der Waals surface area contributed by atoms with Crippen LogP contribution in [0.25, 0.3) is 11.3 Å². The predicted octanol–water partition coefficient (Wildman–Crippen LogP) is -0.271. The number of rotatable bonds is 4. The smallest absolute Gasteiger partial charge is 0.330 e. The van der Waals surface area contributed by atoms with Gasteiger partial charge in [-0.25, -0.2) is 9.48 Å². The maximum absolute atomic E-state index is 12.2. The van der Waals surface area contributed by atoms with E-state index in [1.807, 2.05) is 30.3 Å². The van der Waals surface area contributed by atoms with Crippen molar-refractivity contribution in [1.82, 2.24) is 24.5 Å². The lowest BCUT2D eigenvalue weighted by atomic mass is 10.1. The van der Waals surface area contributed by atoms with E-state index in [9.17, 15) is 19.8 Å². The van der Waals surface area contributed by atoms with Gasteiger partial charge in [0.15, 0.2) is 0 Å². The summed E-state index contributed by atoms with van der Waals surface area (Å²) in [6.07, 6.45) is 0.898. The zero-order valence-corrected chi connectivity index (χ0v) is 15.0. The van der Waals surface area contributed by atoms with E-state index < -0.39 is 35.9 Å². The van der Waals surface area contributed by atoms with Crippen molar-refractivity contribution in [3.8, 4) is 11.3 Å². The van der Waals surface area contributed by atoms with E-state index in [0.29, 0.717) is 11.3 Å². The Labute approximate surface area is 158 Å². The largest absolute Gasteiger partial charge is 0.391 e. The molecule has 1 aromatic carbocycles. The third-order valence-electron chi connectivity index (χ3n) is 4.92. The average Bonchev–Trinajstić information content (AvgIpc) is 3.31. The average molecular weight is 385 g/mol. The van der Waals surface area contributed by atoms with Gasteiger partial charge in [0.05, 0.1) is 12.8 Å². The number of aromatic amines is 1. The molecule has 146 valence electrons. The van der Waals surface area contributed by atoms with Crippen LogP contribution in [0.1, 0.15) is 18.2 Å². The quantitative estimate of drug-likeness (QED) is 0.562. The van der Waals surface area contributed by atoms with Gasteiger partial charge >= 0.3 is 5.69 Å². The molecule has 0 radical (unpaired) electrons. The number of aryl methyl sites for hydroxylation is 1. The molecule has 0 unspecified atom stereocenters. The van der Waals surface area contributed by atoms with Gasteiger partial charge in [-0.05, 0) is 6.92 Å². The molecule has 28 heavy (non-hydrogen) atoms. The van der Waals surface area contributed by atoms with Crippen LogP contribution in [0.4, 0.5) is 0 Å². The van der Waals surface area contributed by atoms with Crippen molar-refractivity contribution in [2.75, 3.05) is 6.61 Å². The highest BCUT2D eigenvalue weighted by atomic mass is 16.6. The normalized spacial score (nSPS) is 24.5. The minimum atomic E-state index is -1.60. The Morgan fingerprint density at radius 3 is 2.75 bits per heavy atom. The van der Waals surface area contributed by atoms with Crippen LogP contribution in [0.15, 0.2) is 52.3 Å². The third kappa shape index (κ3) is 2.87. The van der Waals surface area contributed by atoms with Crippen LogP contribution in [0.5, 0.6) is 0 Å². The first-order valence-electron chi connectivity index (χ1n) is 8.71. The Morgan fingerprint density at radius 1 is 1.29 bits per heavy atom. The minimum absolute atomic E-state index is 0.0203. The van der Waals surface area contributed by atoms with Crippen molar-refractivity contribution < 1.29 is 14.9 Å². The molecular weight excluding hydrogens is 366 g/mol. The Morgan fingerprint density at radius 2 is 2.04 bits per heavy atom. The Hall–Kier alpha value is -3.08. The molecule has 10 nitrogen and oxygen atoms in total. The molecule has 1 aliphatic rings. The van der Waals surface area contributed by atoms with Crippen molar-refractivity contribution >= 4 is 0 Å². The summed E-state index contributed by atoms with van der Waals surface area (Å²) in [7, 11) is 0. The minimum Gasteiger partial charge on any atom is -0.391 e. The van der Waals surface area contributed by atoms with Gasteiger partial charge in [0.1, 0.15) is 18.0 Å². The molecule has 1 aliphatic heterocycles. The van der Waals surface area contributed by atoms with Crippen LogP contribution in [0.2, 0.25) is 0 Å². The molecule has 10 heteroatoms. The van der Waals surface area contributed by atoms with Gasteiger partial charge in [0, 0.05) is 23.7 Å². The number of nitrogens with zero attached hydrogens (tertiary/aromatic N) is 4.